The molecule has 0 bridgehead atoms. The van der Waals surface area contributed by atoms with Gasteiger partial charge in [-0.2, -0.15) is 0 Å². The summed E-state index contributed by atoms with van der Waals surface area (Å²) < 4.78 is 0. The zero-order chi connectivity index (χ0) is 12.1. The van der Waals surface area contributed by atoms with Gasteiger partial charge in [0.15, 0.2) is 5.96 Å². The van der Waals surface area contributed by atoms with Crippen LogP contribution in [0.1, 0.15) is 13.8 Å². The maximum Gasteiger partial charge on any atom is 0.225 e. The number of anilines is 2. The van der Waals surface area contributed by atoms with Gasteiger partial charge in [-0.15, -0.1) is 0 Å². The Labute approximate surface area is 101 Å². The highest BCUT2D eigenvalue weighted by Gasteiger charge is 2.07. The monoisotopic (exact) mass is 234 g/mol. The largest absolute Gasteiger partial charge is 0.354 e. The fourth-order valence-electron chi connectivity index (χ4n) is 1.67. The first-order chi connectivity index (χ1) is 8.33. The van der Waals surface area contributed by atoms with Crippen LogP contribution in [-0.4, -0.2) is 42.1 Å². The van der Waals surface area contributed by atoms with Crippen molar-refractivity contribution in [3.63, 3.8) is 0 Å². The minimum atomic E-state index is 0.766. The van der Waals surface area contributed by atoms with Gasteiger partial charge in [-0.3, -0.25) is 4.99 Å². The topological polar surface area (TPSA) is 65.4 Å². The van der Waals surface area contributed by atoms with Crippen molar-refractivity contribution in [3.05, 3.63) is 12.4 Å². The summed E-state index contributed by atoms with van der Waals surface area (Å²) in [6.07, 6.45) is 3.56. The van der Waals surface area contributed by atoms with E-state index in [2.05, 4.69) is 44.3 Å². The second-order valence-electron chi connectivity index (χ2n) is 3.73. The van der Waals surface area contributed by atoms with Crippen LogP contribution in [0.15, 0.2) is 17.4 Å². The Hall–Kier alpha value is -1.85. The average Bonchev–Trinajstić information content (AvgIpc) is 2.86. The van der Waals surface area contributed by atoms with E-state index >= 15 is 0 Å². The normalized spacial score (nSPS) is 14.1. The van der Waals surface area contributed by atoms with Crippen LogP contribution >= 0.6 is 0 Å². The molecule has 1 aromatic rings. The van der Waals surface area contributed by atoms with E-state index in [1.54, 1.807) is 12.4 Å². The summed E-state index contributed by atoms with van der Waals surface area (Å²) in [4.78, 5) is 15.0. The lowest BCUT2D eigenvalue weighted by molar-refractivity contribution is 0.821. The second kappa shape index (κ2) is 5.47. The molecule has 0 spiro atoms. The van der Waals surface area contributed by atoms with E-state index in [4.69, 9.17) is 0 Å². The summed E-state index contributed by atoms with van der Waals surface area (Å²) in [5, 5.41) is 6.28. The van der Waals surface area contributed by atoms with Gasteiger partial charge >= 0.3 is 0 Å². The Balaban J connectivity index is 2.02. The van der Waals surface area contributed by atoms with Gasteiger partial charge < -0.3 is 15.5 Å². The average molecular weight is 234 g/mol. The second-order valence-corrected chi connectivity index (χ2v) is 3.73. The van der Waals surface area contributed by atoms with Crippen molar-refractivity contribution in [3.8, 4) is 0 Å². The van der Waals surface area contributed by atoms with Gasteiger partial charge in [-0.05, 0) is 13.8 Å². The molecule has 92 valence electrons. The fourth-order valence-corrected chi connectivity index (χ4v) is 1.67. The van der Waals surface area contributed by atoms with E-state index < -0.39 is 0 Å². The van der Waals surface area contributed by atoms with Crippen LogP contribution in [0.2, 0.25) is 0 Å². The number of nitrogens with zero attached hydrogens (tertiary/aromatic N) is 4. The van der Waals surface area contributed by atoms with Crippen molar-refractivity contribution in [2.24, 2.45) is 4.99 Å². The fraction of sp³-hybridized carbons (Fsp3) is 0.545. The van der Waals surface area contributed by atoms with Gasteiger partial charge in [-0.25, -0.2) is 9.97 Å². The molecule has 0 atom stereocenters. The molecule has 17 heavy (non-hydrogen) atoms. The van der Waals surface area contributed by atoms with Crippen molar-refractivity contribution in [2.45, 2.75) is 13.8 Å². The Bertz CT molecular complexity index is 381. The standard InChI is InChI=1S/C11H18N6/c1-3-17(4-2)11-14-7-9(8-15-11)16-10-12-5-6-13-10/h7-8H,3-6H2,1-2H3,(H2,12,13,16). The molecule has 0 aliphatic carbocycles. The lowest BCUT2D eigenvalue weighted by atomic mass is 10.5. The van der Waals surface area contributed by atoms with Crippen LogP contribution in [-0.2, 0) is 0 Å². The lowest BCUT2D eigenvalue weighted by Gasteiger charge is -2.18. The van der Waals surface area contributed by atoms with Crippen molar-refractivity contribution in [2.75, 3.05) is 36.4 Å². The van der Waals surface area contributed by atoms with E-state index in [0.29, 0.717) is 0 Å². The number of guanidine groups is 1. The number of hydrogen-bond donors (Lipinski definition) is 2. The molecular formula is C11H18N6. The van der Waals surface area contributed by atoms with Crippen molar-refractivity contribution >= 4 is 17.6 Å². The summed E-state index contributed by atoms with van der Waals surface area (Å²) in [6.45, 7) is 7.73. The zero-order valence-electron chi connectivity index (χ0n) is 10.3. The molecule has 6 heteroatoms. The first-order valence-corrected chi connectivity index (χ1v) is 5.95. The molecule has 2 N–H and O–H groups in total. The Morgan fingerprint density at radius 2 is 2.00 bits per heavy atom. The maximum absolute atomic E-state index is 4.33. The van der Waals surface area contributed by atoms with Crippen LogP contribution < -0.4 is 15.5 Å². The molecule has 0 saturated heterocycles. The molecule has 0 radical (unpaired) electrons. The molecule has 2 heterocycles. The SMILES string of the molecule is CCN(CC)c1ncc(NC2=NCCN2)cn1. The van der Waals surface area contributed by atoms with E-state index in [-0.39, 0.29) is 0 Å². The number of rotatable bonds is 4. The molecule has 1 aromatic heterocycles. The number of nitrogens with one attached hydrogen (secondary N) is 2. The van der Waals surface area contributed by atoms with E-state index in [0.717, 1.165) is 43.8 Å². The quantitative estimate of drug-likeness (QED) is 0.802. The highest BCUT2D eigenvalue weighted by atomic mass is 15.3. The van der Waals surface area contributed by atoms with Crippen molar-refractivity contribution < 1.29 is 0 Å². The third-order valence-electron chi connectivity index (χ3n) is 2.62. The third kappa shape index (κ3) is 2.83. The van der Waals surface area contributed by atoms with Crippen LogP contribution in [0.25, 0.3) is 0 Å². The van der Waals surface area contributed by atoms with Crippen LogP contribution in [0.5, 0.6) is 0 Å². The van der Waals surface area contributed by atoms with Gasteiger partial charge in [0.1, 0.15) is 0 Å². The van der Waals surface area contributed by atoms with E-state index in [1.807, 2.05) is 0 Å². The van der Waals surface area contributed by atoms with Gasteiger partial charge in [0.05, 0.1) is 24.6 Å². The highest BCUT2D eigenvalue weighted by molar-refractivity contribution is 5.94. The zero-order valence-corrected chi connectivity index (χ0v) is 10.3. The smallest absolute Gasteiger partial charge is 0.225 e. The summed E-state index contributed by atoms with van der Waals surface area (Å²) >= 11 is 0. The van der Waals surface area contributed by atoms with Crippen LogP contribution in [0.4, 0.5) is 11.6 Å². The van der Waals surface area contributed by atoms with Gasteiger partial charge in [0, 0.05) is 19.6 Å². The molecule has 1 aliphatic rings. The summed E-state index contributed by atoms with van der Waals surface area (Å²) in [5.74, 6) is 1.56. The van der Waals surface area contributed by atoms with E-state index in [1.165, 1.54) is 0 Å². The molecule has 0 aromatic carbocycles. The molecule has 0 fully saturated rings. The molecule has 0 saturated carbocycles. The Morgan fingerprint density at radius 1 is 1.29 bits per heavy atom. The van der Waals surface area contributed by atoms with Crippen LogP contribution in [0, 0.1) is 0 Å². The minimum absolute atomic E-state index is 0.766. The molecule has 1 aliphatic heterocycles. The molecule has 0 unspecified atom stereocenters. The minimum Gasteiger partial charge on any atom is -0.354 e. The van der Waals surface area contributed by atoms with Gasteiger partial charge in [-0.1, -0.05) is 0 Å². The Morgan fingerprint density at radius 3 is 2.53 bits per heavy atom. The predicted octanol–water partition coefficient (Wildman–Crippen LogP) is 0.694. The summed E-state index contributed by atoms with van der Waals surface area (Å²) in [5.41, 5.74) is 0.856. The van der Waals surface area contributed by atoms with Crippen LogP contribution in [0.3, 0.4) is 0 Å². The first-order valence-electron chi connectivity index (χ1n) is 5.95. The lowest BCUT2D eigenvalue weighted by Crippen LogP contribution is -2.27. The number of hydrogen-bond acceptors (Lipinski definition) is 6. The molecule has 2 rings (SSSR count). The molecule has 0 amide bonds. The van der Waals surface area contributed by atoms with Gasteiger partial charge in [0.25, 0.3) is 0 Å². The molecule has 6 nitrogen and oxygen atoms in total. The van der Waals surface area contributed by atoms with Gasteiger partial charge in [0.2, 0.25) is 5.95 Å². The predicted molar refractivity (Wildman–Crippen MR) is 69.5 cm³/mol. The van der Waals surface area contributed by atoms with Crippen molar-refractivity contribution in [1.82, 2.24) is 15.3 Å². The molecular weight excluding hydrogens is 216 g/mol. The maximum atomic E-state index is 4.33. The summed E-state index contributed by atoms with van der Waals surface area (Å²) in [7, 11) is 0. The van der Waals surface area contributed by atoms with E-state index in [9.17, 15) is 0 Å². The third-order valence-corrected chi connectivity index (χ3v) is 2.62. The number of aliphatic imine (C=N–C) groups is 1. The number of aromatic nitrogens is 2. The summed E-state index contributed by atoms with van der Waals surface area (Å²) in [6, 6.07) is 0. The highest BCUT2D eigenvalue weighted by Crippen LogP contribution is 2.09. The van der Waals surface area contributed by atoms with Crippen molar-refractivity contribution in [1.29, 1.82) is 0 Å². The first kappa shape index (κ1) is 11.6. The Kier molecular flexibility index (Phi) is 3.74.